The fourth-order valence-corrected chi connectivity index (χ4v) is 4.53. The van der Waals surface area contributed by atoms with Crippen LogP contribution in [-0.4, -0.2) is 6.36 Å². The third-order valence-corrected chi connectivity index (χ3v) is 6.74. The van der Waals surface area contributed by atoms with Crippen molar-refractivity contribution in [1.29, 1.82) is 0 Å². The molecule has 208 valence electrons. The molecule has 0 N–H and O–H groups in total. The highest BCUT2D eigenvalue weighted by Gasteiger charge is 2.41. The molecule has 0 radical (unpaired) electrons. The molecule has 0 aliphatic heterocycles. The number of halogens is 8. The fraction of sp³-hybridized carbons (Fsp3) is 0.200. The summed E-state index contributed by atoms with van der Waals surface area (Å²) in [7, 11) is 0. The van der Waals surface area contributed by atoms with Crippen molar-refractivity contribution in [2.45, 2.75) is 37.7 Å². The molecule has 0 atom stereocenters. The van der Waals surface area contributed by atoms with Crippen molar-refractivity contribution in [3.63, 3.8) is 0 Å². The topological polar surface area (TPSA) is 18.5 Å². The summed E-state index contributed by atoms with van der Waals surface area (Å²) in [5.74, 6) is -5.05. The van der Waals surface area contributed by atoms with Crippen LogP contribution < -0.4 is 9.47 Å². The van der Waals surface area contributed by atoms with Gasteiger partial charge in [-0.05, 0) is 83.5 Å². The molecule has 4 aromatic carbocycles. The van der Waals surface area contributed by atoms with E-state index in [1.165, 1.54) is 24.1 Å². The van der Waals surface area contributed by atoms with Crippen LogP contribution in [0.1, 0.15) is 36.3 Å². The molecule has 0 amide bonds. The minimum absolute atomic E-state index is 0.205. The zero-order chi connectivity index (χ0) is 28.7. The van der Waals surface area contributed by atoms with E-state index in [0.29, 0.717) is 35.7 Å². The molecule has 0 spiro atoms. The number of rotatable bonds is 7. The molecule has 5 rings (SSSR count). The van der Waals surface area contributed by atoms with E-state index in [-0.39, 0.29) is 11.1 Å². The Balaban J connectivity index is 1.36. The maximum atomic E-state index is 15.0. The van der Waals surface area contributed by atoms with E-state index in [2.05, 4.69) is 9.47 Å². The van der Waals surface area contributed by atoms with Crippen LogP contribution in [0.2, 0.25) is 0 Å². The molecule has 0 unspecified atom stereocenters. The molecule has 40 heavy (non-hydrogen) atoms. The Morgan fingerprint density at radius 3 is 1.60 bits per heavy atom. The van der Waals surface area contributed by atoms with Crippen molar-refractivity contribution in [2.24, 2.45) is 0 Å². The standard InChI is InChI=1S/C30H20F8O2/c31-25-14-20(19-6-4-18(5-7-19)17-2-1-3-17)8-13-24(25)21-15-26(32)28(27(33)16-21)29(34,35)39-22-9-11-23(12-10-22)40-30(36,37)38/h4-17H,1-3H2. The summed E-state index contributed by atoms with van der Waals surface area (Å²) < 4.78 is 119. The van der Waals surface area contributed by atoms with E-state index >= 15 is 4.39 Å². The highest BCUT2D eigenvalue weighted by Crippen LogP contribution is 2.39. The molecule has 0 heterocycles. The molecule has 2 nitrogen and oxygen atoms in total. The van der Waals surface area contributed by atoms with Gasteiger partial charge in [-0.3, -0.25) is 0 Å². The largest absolute Gasteiger partial charge is 0.573 e. The molecular formula is C30H20F8O2. The van der Waals surface area contributed by atoms with Gasteiger partial charge in [0.15, 0.2) is 0 Å². The fourth-order valence-electron chi connectivity index (χ4n) is 4.53. The Kier molecular flexibility index (Phi) is 7.20. The first-order valence-corrected chi connectivity index (χ1v) is 12.2. The number of alkyl halides is 5. The van der Waals surface area contributed by atoms with Gasteiger partial charge < -0.3 is 9.47 Å². The van der Waals surface area contributed by atoms with E-state index in [1.54, 1.807) is 6.07 Å². The average Bonchev–Trinajstić information content (AvgIpc) is 2.83. The first-order chi connectivity index (χ1) is 18.9. The Labute approximate surface area is 223 Å². The van der Waals surface area contributed by atoms with Crippen LogP contribution in [0.4, 0.5) is 35.1 Å². The summed E-state index contributed by atoms with van der Waals surface area (Å²) in [5, 5.41) is 0. The minimum atomic E-state index is -5.00. The van der Waals surface area contributed by atoms with Crippen LogP contribution in [0.25, 0.3) is 22.3 Å². The van der Waals surface area contributed by atoms with E-state index in [0.717, 1.165) is 30.5 Å². The highest BCUT2D eigenvalue weighted by atomic mass is 19.4. The van der Waals surface area contributed by atoms with Gasteiger partial charge in [0.2, 0.25) is 0 Å². The van der Waals surface area contributed by atoms with Gasteiger partial charge in [-0.25, -0.2) is 13.2 Å². The summed E-state index contributed by atoms with van der Waals surface area (Å²) in [4.78, 5) is 0. The van der Waals surface area contributed by atoms with Crippen LogP contribution in [0.5, 0.6) is 11.5 Å². The molecule has 1 aliphatic rings. The Morgan fingerprint density at radius 1 is 0.575 bits per heavy atom. The smallest absolute Gasteiger partial charge is 0.429 e. The van der Waals surface area contributed by atoms with Crippen molar-refractivity contribution in [3.05, 3.63) is 107 Å². The first kappa shape index (κ1) is 27.5. The summed E-state index contributed by atoms with van der Waals surface area (Å²) >= 11 is 0. The van der Waals surface area contributed by atoms with Crippen molar-refractivity contribution >= 4 is 0 Å². The average molecular weight is 564 g/mol. The summed E-state index contributed by atoms with van der Waals surface area (Å²) in [5.41, 5.74) is 0.236. The highest BCUT2D eigenvalue weighted by molar-refractivity contribution is 5.71. The van der Waals surface area contributed by atoms with Crippen LogP contribution >= 0.6 is 0 Å². The monoisotopic (exact) mass is 564 g/mol. The predicted octanol–water partition coefficient (Wildman–Crippen LogP) is 9.73. The van der Waals surface area contributed by atoms with Gasteiger partial charge in [0.05, 0.1) is 0 Å². The molecule has 0 bridgehead atoms. The predicted molar refractivity (Wildman–Crippen MR) is 131 cm³/mol. The van der Waals surface area contributed by atoms with Crippen molar-refractivity contribution in [1.82, 2.24) is 0 Å². The van der Waals surface area contributed by atoms with Gasteiger partial charge in [0.1, 0.15) is 34.5 Å². The summed E-state index contributed by atoms with van der Waals surface area (Å²) in [6, 6.07) is 15.7. The maximum absolute atomic E-state index is 15.0. The van der Waals surface area contributed by atoms with Crippen molar-refractivity contribution < 1.29 is 44.6 Å². The normalized spacial score (nSPS) is 14.1. The van der Waals surface area contributed by atoms with Crippen LogP contribution in [0, 0.1) is 17.5 Å². The Morgan fingerprint density at radius 2 is 1.10 bits per heavy atom. The minimum Gasteiger partial charge on any atom is -0.429 e. The Bertz CT molecular complexity index is 1490. The van der Waals surface area contributed by atoms with Crippen LogP contribution in [0.3, 0.4) is 0 Å². The Hall–Kier alpha value is -4.08. The molecule has 1 fully saturated rings. The quantitative estimate of drug-likeness (QED) is 0.208. The zero-order valence-corrected chi connectivity index (χ0v) is 20.5. The zero-order valence-electron chi connectivity index (χ0n) is 20.5. The van der Waals surface area contributed by atoms with Crippen LogP contribution in [0.15, 0.2) is 78.9 Å². The van der Waals surface area contributed by atoms with Crippen molar-refractivity contribution in [3.8, 4) is 33.8 Å². The SMILES string of the molecule is Fc1cc(-c2ccc(C3CCC3)cc2)ccc1-c1cc(F)c(C(F)(F)Oc2ccc(OC(F)(F)F)cc2)c(F)c1. The third kappa shape index (κ3) is 5.90. The van der Waals surface area contributed by atoms with E-state index in [4.69, 9.17) is 0 Å². The summed E-state index contributed by atoms with van der Waals surface area (Å²) in [6.07, 6.45) is -6.07. The lowest BCUT2D eigenvalue weighted by Crippen LogP contribution is -2.25. The number of hydrogen-bond donors (Lipinski definition) is 0. The summed E-state index contributed by atoms with van der Waals surface area (Å²) in [6.45, 7) is 0. The lowest BCUT2D eigenvalue weighted by Gasteiger charge is -2.25. The maximum Gasteiger partial charge on any atom is 0.573 e. The third-order valence-electron chi connectivity index (χ3n) is 6.74. The second kappa shape index (κ2) is 10.5. The van der Waals surface area contributed by atoms with Gasteiger partial charge in [-0.1, -0.05) is 42.8 Å². The van der Waals surface area contributed by atoms with Gasteiger partial charge in [0, 0.05) is 5.56 Å². The van der Waals surface area contributed by atoms with Gasteiger partial charge >= 0.3 is 12.5 Å². The number of ether oxygens (including phenoxy) is 2. The van der Waals surface area contributed by atoms with E-state index in [9.17, 15) is 30.7 Å². The molecular weight excluding hydrogens is 544 g/mol. The van der Waals surface area contributed by atoms with Gasteiger partial charge in [-0.2, -0.15) is 8.78 Å². The molecule has 1 saturated carbocycles. The molecule has 1 aliphatic carbocycles. The number of hydrogen-bond acceptors (Lipinski definition) is 2. The molecule has 10 heteroatoms. The first-order valence-electron chi connectivity index (χ1n) is 12.2. The van der Waals surface area contributed by atoms with E-state index < -0.39 is 47.0 Å². The van der Waals surface area contributed by atoms with Crippen LogP contribution in [-0.2, 0) is 6.11 Å². The molecule has 4 aromatic rings. The van der Waals surface area contributed by atoms with E-state index in [1.807, 2.05) is 24.3 Å². The molecule has 0 saturated heterocycles. The van der Waals surface area contributed by atoms with Crippen molar-refractivity contribution in [2.75, 3.05) is 0 Å². The molecule has 0 aromatic heterocycles. The lowest BCUT2D eigenvalue weighted by molar-refractivity contribution is -0.274. The van der Waals surface area contributed by atoms with Gasteiger partial charge in [0.25, 0.3) is 0 Å². The second-order valence-electron chi connectivity index (χ2n) is 9.40. The lowest BCUT2D eigenvalue weighted by atomic mass is 9.80. The number of benzene rings is 4. The van der Waals surface area contributed by atoms with Gasteiger partial charge in [-0.15, -0.1) is 13.2 Å². The second-order valence-corrected chi connectivity index (χ2v) is 9.40.